The van der Waals surface area contributed by atoms with Gasteiger partial charge in [0.25, 0.3) is 0 Å². The maximum Gasteiger partial charge on any atom is 0.164 e. The number of rotatable bonds is 6. The standard InChI is InChI=1S/C13H22N2O2S3/c1-11(8-14-9-12-4-3-6-19-12)15-5-7-18-10-13(15)20(2,16)17/h3-4,6,11,13-14H,5,7-10H2,1-2H3. The molecule has 1 fully saturated rings. The summed E-state index contributed by atoms with van der Waals surface area (Å²) < 4.78 is 23.8. The van der Waals surface area contributed by atoms with Crippen LogP contribution in [0.4, 0.5) is 0 Å². The largest absolute Gasteiger partial charge is 0.310 e. The van der Waals surface area contributed by atoms with Crippen molar-refractivity contribution in [2.24, 2.45) is 0 Å². The van der Waals surface area contributed by atoms with Crippen molar-refractivity contribution in [1.82, 2.24) is 10.2 Å². The molecule has 1 aliphatic rings. The summed E-state index contributed by atoms with van der Waals surface area (Å²) >= 11 is 3.47. The van der Waals surface area contributed by atoms with Crippen LogP contribution in [0, 0.1) is 0 Å². The van der Waals surface area contributed by atoms with Gasteiger partial charge in [-0.15, -0.1) is 11.3 Å². The van der Waals surface area contributed by atoms with Gasteiger partial charge in [-0.2, -0.15) is 11.8 Å². The van der Waals surface area contributed by atoms with Crippen LogP contribution < -0.4 is 5.32 Å². The molecule has 2 rings (SSSR count). The molecule has 1 saturated heterocycles. The zero-order valence-electron chi connectivity index (χ0n) is 11.9. The van der Waals surface area contributed by atoms with E-state index in [0.717, 1.165) is 25.4 Å². The van der Waals surface area contributed by atoms with Crippen molar-refractivity contribution in [3.63, 3.8) is 0 Å². The first-order valence-electron chi connectivity index (χ1n) is 6.74. The van der Waals surface area contributed by atoms with Crippen LogP contribution in [-0.4, -0.2) is 55.6 Å². The fraction of sp³-hybridized carbons (Fsp3) is 0.692. The topological polar surface area (TPSA) is 49.4 Å². The maximum atomic E-state index is 11.9. The Morgan fingerprint density at radius 3 is 3.00 bits per heavy atom. The average Bonchev–Trinajstić information content (AvgIpc) is 2.91. The molecule has 0 radical (unpaired) electrons. The molecule has 0 saturated carbocycles. The van der Waals surface area contributed by atoms with E-state index >= 15 is 0 Å². The van der Waals surface area contributed by atoms with Gasteiger partial charge in [-0.1, -0.05) is 6.07 Å². The minimum absolute atomic E-state index is 0.232. The van der Waals surface area contributed by atoms with Crippen LogP contribution in [0.25, 0.3) is 0 Å². The van der Waals surface area contributed by atoms with Gasteiger partial charge in [-0.3, -0.25) is 4.90 Å². The number of hydrogen-bond acceptors (Lipinski definition) is 6. The van der Waals surface area contributed by atoms with E-state index in [-0.39, 0.29) is 11.4 Å². The van der Waals surface area contributed by atoms with E-state index in [0.29, 0.717) is 5.75 Å². The van der Waals surface area contributed by atoms with Gasteiger partial charge in [-0.25, -0.2) is 8.42 Å². The van der Waals surface area contributed by atoms with E-state index in [2.05, 4.69) is 28.6 Å². The van der Waals surface area contributed by atoms with Gasteiger partial charge < -0.3 is 5.32 Å². The van der Waals surface area contributed by atoms with Crippen LogP contribution >= 0.6 is 23.1 Å². The Labute approximate surface area is 129 Å². The van der Waals surface area contributed by atoms with Crippen molar-refractivity contribution in [3.8, 4) is 0 Å². The minimum Gasteiger partial charge on any atom is -0.310 e. The molecular weight excluding hydrogens is 312 g/mol. The molecule has 2 atom stereocenters. The predicted molar refractivity (Wildman–Crippen MR) is 88.2 cm³/mol. The normalized spacial score (nSPS) is 22.8. The van der Waals surface area contributed by atoms with Crippen LogP contribution in [0.15, 0.2) is 17.5 Å². The first kappa shape index (κ1) is 16.3. The lowest BCUT2D eigenvalue weighted by atomic mass is 10.2. The number of hydrogen-bond donors (Lipinski definition) is 1. The quantitative estimate of drug-likeness (QED) is 0.857. The highest BCUT2D eigenvalue weighted by Crippen LogP contribution is 2.22. The van der Waals surface area contributed by atoms with Crippen molar-refractivity contribution in [1.29, 1.82) is 0 Å². The van der Waals surface area contributed by atoms with Crippen molar-refractivity contribution >= 4 is 32.9 Å². The maximum absolute atomic E-state index is 11.9. The molecule has 0 aromatic carbocycles. The van der Waals surface area contributed by atoms with Gasteiger partial charge in [-0.05, 0) is 18.4 Å². The number of thioether (sulfide) groups is 1. The smallest absolute Gasteiger partial charge is 0.164 e. The average molecular weight is 335 g/mol. The molecule has 1 aromatic rings. The highest BCUT2D eigenvalue weighted by molar-refractivity contribution is 8.00. The van der Waals surface area contributed by atoms with E-state index in [1.165, 1.54) is 11.1 Å². The number of nitrogens with zero attached hydrogens (tertiary/aromatic N) is 1. The first-order chi connectivity index (χ1) is 9.48. The summed E-state index contributed by atoms with van der Waals surface area (Å²) in [7, 11) is -3.01. The van der Waals surface area contributed by atoms with Gasteiger partial charge >= 0.3 is 0 Å². The van der Waals surface area contributed by atoms with Crippen molar-refractivity contribution in [2.75, 3.05) is 30.9 Å². The summed E-state index contributed by atoms with van der Waals surface area (Å²) in [6.07, 6.45) is 1.35. The van der Waals surface area contributed by atoms with Crippen molar-refractivity contribution < 1.29 is 8.42 Å². The Morgan fingerprint density at radius 2 is 2.35 bits per heavy atom. The zero-order chi connectivity index (χ0) is 14.6. The van der Waals surface area contributed by atoms with E-state index in [9.17, 15) is 8.42 Å². The van der Waals surface area contributed by atoms with Gasteiger partial charge in [0.05, 0.1) is 0 Å². The SMILES string of the molecule is CC(CNCc1cccs1)N1CCSCC1S(C)(=O)=O. The third kappa shape index (κ3) is 4.46. The molecule has 0 aliphatic carbocycles. The molecule has 0 spiro atoms. The number of thiophene rings is 1. The Hall–Kier alpha value is -0.0800. The zero-order valence-corrected chi connectivity index (χ0v) is 14.4. The summed E-state index contributed by atoms with van der Waals surface area (Å²) in [4.78, 5) is 3.44. The first-order valence-corrected chi connectivity index (χ1v) is 10.7. The van der Waals surface area contributed by atoms with Crippen LogP contribution in [0.1, 0.15) is 11.8 Å². The Kier molecular flexibility index (Phi) is 5.92. The van der Waals surface area contributed by atoms with Crippen molar-refractivity contribution in [2.45, 2.75) is 24.9 Å². The van der Waals surface area contributed by atoms with Crippen LogP contribution in [-0.2, 0) is 16.4 Å². The van der Waals surface area contributed by atoms with Crippen LogP contribution in [0.5, 0.6) is 0 Å². The second-order valence-electron chi connectivity index (χ2n) is 5.16. The van der Waals surface area contributed by atoms with Gasteiger partial charge in [0.15, 0.2) is 9.84 Å². The summed E-state index contributed by atoms with van der Waals surface area (Å²) in [5, 5.41) is 5.16. The lowest BCUT2D eigenvalue weighted by molar-refractivity contribution is 0.200. The Morgan fingerprint density at radius 1 is 1.55 bits per heavy atom. The second kappa shape index (κ2) is 7.26. The molecule has 0 bridgehead atoms. The van der Waals surface area contributed by atoms with Crippen molar-refractivity contribution in [3.05, 3.63) is 22.4 Å². The molecule has 4 nitrogen and oxygen atoms in total. The Balaban J connectivity index is 1.87. The molecular formula is C13H22N2O2S3. The molecule has 1 aliphatic heterocycles. The molecule has 1 N–H and O–H groups in total. The van der Waals surface area contributed by atoms with E-state index in [4.69, 9.17) is 0 Å². The monoisotopic (exact) mass is 334 g/mol. The van der Waals surface area contributed by atoms with E-state index < -0.39 is 9.84 Å². The minimum atomic E-state index is -3.01. The van der Waals surface area contributed by atoms with E-state index in [1.807, 2.05) is 6.07 Å². The fourth-order valence-electron chi connectivity index (χ4n) is 2.40. The number of nitrogens with one attached hydrogen (secondary N) is 1. The highest BCUT2D eigenvalue weighted by Gasteiger charge is 2.33. The second-order valence-corrected chi connectivity index (χ2v) is 9.54. The third-order valence-electron chi connectivity index (χ3n) is 3.50. The molecule has 0 amide bonds. The summed E-state index contributed by atoms with van der Waals surface area (Å²) in [5.74, 6) is 1.70. The van der Waals surface area contributed by atoms with Gasteiger partial charge in [0, 0.05) is 48.3 Å². The fourth-order valence-corrected chi connectivity index (χ4v) is 6.06. The highest BCUT2D eigenvalue weighted by atomic mass is 32.2. The van der Waals surface area contributed by atoms with Crippen LogP contribution in [0.2, 0.25) is 0 Å². The number of sulfone groups is 1. The lowest BCUT2D eigenvalue weighted by Gasteiger charge is -2.38. The predicted octanol–water partition coefficient (Wildman–Crippen LogP) is 1.65. The van der Waals surface area contributed by atoms with E-state index in [1.54, 1.807) is 23.1 Å². The molecule has 2 unspecified atom stereocenters. The third-order valence-corrected chi connectivity index (χ3v) is 7.04. The molecule has 114 valence electrons. The molecule has 1 aromatic heterocycles. The lowest BCUT2D eigenvalue weighted by Crippen LogP contribution is -2.53. The Bertz CT molecular complexity index is 502. The molecule has 7 heteroatoms. The van der Waals surface area contributed by atoms with Gasteiger partial charge in [0.1, 0.15) is 5.37 Å². The molecule has 20 heavy (non-hydrogen) atoms. The summed E-state index contributed by atoms with van der Waals surface area (Å²) in [6.45, 7) is 4.63. The summed E-state index contributed by atoms with van der Waals surface area (Å²) in [5.41, 5.74) is 0. The van der Waals surface area contributed by atoms with Gasteiger partial charge in [0.2, 0.25) is 0 Å². The summed E-state index contributed by atoms with van der Waals surface area (Å²) in [6, 6.07) is 4.39. The molecule has 2 heterocycles. The van der Waals surface area contributed by atoms with Crippen LogP contribution in [0.3, 0.4) is 0 Å².